The number of carbonyl (C=O) groups is 1. The van der Waals surface area contributed by atoms with Gasteiger partial charge in [-0.3, -0.25) is 4.79 Å². The molecule has 1 fully saturated rings. The van der Waals surface area contributed by atoms with Crippen LogP contribution in [0.3, 0.4) is 0 Å². The molecule has 8 heteroatoms. The van der Waals surface area contributed by atoms with Crippen LogP contribution >= 0.6 is 0 Å². The van der Waals surface area contributed by atoms with E-state index < -0.39 is 28.6 Å². The Kier molecular flexibility index (Phi) is 14.1. The number of aromatic carboxylic acids is 1. The van der Waals surface area contributed by atoms with Crippen LogP contribution in [0, 0.1) is 11.6 Å². The maximum Gasteiger partial charge on any atom is 0.341 e. The molecule has 0 aliphatic carbocycles. The smallest absolute Gasteiger partial charge is 0.341 e. The van der Waals surface area contributed by atoms with Crippen molar-refractivity contribution in [2.45, 2.75) is 116 Å². The van der Waals surface area contributed by atoms with E-state index in [1.165, 1.54) is 87.8 Å². The molecule has 0 bridgehead atoms. The number of hydrogen-bond donors (Lipinski definition) is 1. The van der Waals surface area contributed by atoms with Crippen molar-refractivity contribution in [3.63, 3.8) is 0 Å². The van der Waals surface area contributed by atoms with Gasteiger partial charge in [-0.25, -0.2) is 13.6 Å². The number of fused-ring (bicyclic) bond motifs is 1. The molecule has 1 aliphatic heterocycles. The number of unbranched alkanes of at least 4 members (excludes halogenated alkanes) is 15. The van der Waals surface area contributed by atoms with E-state index >= 15 is 8.78 Å². The highest BCUT2D eigenvalue weighted by Gasteiger charge is 2.26. The third-order valence-corrected chi connectivity index (χ3v) is 8.53. The Morgan fingerprint density at radius 2 is 1.29 bits per heavy atom. The van der Waals surface area contributed by atoms with Crippen LogP contribution in [0.2, 0.25) is 0 Å². The highest BCUT2D eigenvalue weighted by atomic mass is 19.1. The zero-order valence-electron chi connectivity index (χ0n) is 25.4. The van der Waals surface area contributed by atoms with Gasteiger partial charge in [0.05, 0.1) is 10.9 Å². The summed E-state index contributed by atoms with van der Waals surface area (Å²) in [6.07, 6.45) is 21.1. The molecule has 1 aliphatic rings. The van der Waals surface area contributed by atoms with Gasteiger partial charge in [0.15, 0.2) is 5.82 Å². The van der Waals surface area contributed by atoms with Crippen LogP contribution < -0.4 is 10.3 Å². The largest absolute Gasteiger partial charge is 0.477 e. The van der Waals surface area contributed by atoms with Gasteiger partial charge >= 0.3 is 5.97 Å². The molecular formula is C33H51F2N3O3. The van der Waals surface area contributed by atoms with Gasteiger partial charge in [-0.2, -0.15) is 0 Å². The lowest BCUT2D eigenvalue weighted by atomic mass is 10.0. The van der Waals surface area contributed by atoms with E-state index in [1.54, 1.807) is 4.90 Å². The maximum atomic E-state index is 15.9. The first-order valence-corrected chi connectivity index (χ1v) is 16.1. The molecule has 2 heterocycles. The predicted molar refractivity (Wildman–Crippen MR) is 164 cm³/mol. The minimum Gasteiger partial charge on any atom is -0.477 e. The number of hydrogen-bond acceptors (Lipinski definition) is 4. The van der Waals surface area contributed by atoms with Crippen LogP contribution in [0.15, 0.2) is 17.1 Å². The van der Waals surface area contributed by atoms with Gasteiger partial charge in [0, 0.05) is 38.9 Å². The first-order valence-electron chi connectivity index (χ1n) is 16.1. The van der Waals surface area contributed by atoms with Crippen LogP contribution in [0.5, 0.6) is 0 Å². The number of carboxylic acids is 1. The molecule has 0 unspecified atom stereocenters. The third-order valence-electron chi connectivity index (χ3n) is 8.53. The zero-order valence-corrected chi connectivity index (χ0v) is 25.4. The third kappa shape index (κ3) is 9.79. The van der Waals surface area contributed by atoms with Crippen molar-refractivity contribution in [1.82, 2.24) is 9.47 Å². The Labute approximate surface area is 244 Å². The van der Waals surface area contributed by atoms with Crippen LogP contribution in [-0.2, 0) is 6.54 Å². The van der Waals surface area contributed by atoms with Crippen molar-refractivity contribution in [2.24, 2.45) is 0 Å². The molecule has 0 radical (unpaired) electrons. The molecule has 1 N–H and O–H groups in total. The van der Waals surface area contributed by atoms with E-state index in [1.807, 2.05) is 7.05 Å². The van der Waals surface area contributed by atoms with E-state index in [0.29, 0.717) is 32.7 Å². The van der Waals surface area contributed by atoms with Gasteiger partial charge in [-0.15, -0.1) is 0 Å². The number of piperazine rings is 1. The molecule has 2 aromatic rings. The number of pyridine rings is 1. The highest BCUT2D eigenvalue weighted by Crippen LogP contribution is 2.31. The number of anilines is 1. The summed E-state index contributed by atoms with van der Waals surface area (Å²) in [5.74, 6) is -3.00. The van der Waals surface area contributed by atoms with Crippen LogP contribution in [0.4, 0.5) is 14.5 Å². The minimum atomic E-state index is -1.39. The summed E-state index contributed by atoms with van der Waals surface area (Å²) in [4.78, 5) is 28.4. The highest BCUT2D eigenvalue weighted by molar-refractivity contribution is 5.93. The van der Waals surface area contributed by atoms with E-state index in [2.05, 4.69) is 11.8 Å². The summed E-state index contributed by atoms with van der Waals surface area (Å²) in [6.45, 7) is 4.95. The second kappa shape index (κ2) is 17.5. The van der Waals surface area contributed by atoms with Crippen molar-refractivity contribution in [1.29, 1.82) is 0 Å². The Bertz CT molecular complexity index is 1160. The second-order valence-corrected chi connectivity index (χ2v) is 11.9. The van der Waals surface area contributed by atoms with Crippen molar-refractivity contribution in [3.05, 3.63) is 39.7 Å². The molecule has 0 spiro atoms. The SMILES string of the molecule is CCCCCCCCCCCCCCCCCCn1cc(C(=O)O)c(=O)c2cc(F)c(N3CCN(C)CC3)c(F)c21. The number of halogens is 2. The molecule has 1 aromatic carbocycles. The van der Waals surface area contributed by atoms with Crippen molar-refractivity contribution in [2.75, 3.05) is 38.1 Å². The van der Waals surface area contributed by atoms with Crippen molar-refractivity contribution in [3.8, 4) is 0 Å². The Balaban J connectivity index is 1.49. The van der Waals surface area contributed by atoms with Gasteiger partial charge < -0.3 is 19.5 Å². The Morgan fingerprint density at radius 1 is 0.805 bits per heavy atom. The molecule has 0 atom stereocenters. The Morgan fingerprint density at radius 3 is 1.78 bits per heavy atom. The number of aryl methyl sites for hydroxylation is 1. The lowest BCUT2D eigenvalue weighted by Gasteiger charge is -2.34. The second-order valence-electron chi connectivity index (χ2n) is 11.9. The number of benzene rings is 1. The average Bonchev–Trinajstić information content (AvgIpc) is 2.94. The van der Waals surface area contributed by atoms with Gasteiger partial charge in [-0.05, 0) is 19.5 Å². The lowest BCUT2D eigenvalue weighted by molar-refractivity contribution is 0.0694. The first kappa shape index (κ1) is 33.0. The molecule has 1 saturated heterocycles. The maximum absolute atomic E-state index is 15.9. The monoisotopic (exact) mass is 575 g/mol. The van der Waals surface area contributed by atoms with Gasteiger partial charge in [0.1, 0.15) is 17.1 Å². The number of likely N-dealkylation sites (N-methyl/N-ethyl adjacent to an activating group) is 1. The molecule has 230 valence electrons. The zero-order chi connectivity index (χ0) is 29.6. The van der Waals surface area contributed by atoms with E-state index in [0.717, 1.165) is 31.7 Å². The standard InChI is InChI=1S/C33H51F2N3O3/c1-3-4-5-6-7-8-9-10-11-12-13-14-15-16-17-18-19-38-25-27(33(40)41)32(39)26-24-28(34)31(29(35)30(26)38)37-22-20-36(2)21-23-37/h24-25H,3-23H2,1-2H3,(H,40,41). The fourth-order valence-corrected chi connectivity index (χ4v) is 5.96. The normalized spacial score (nSPS) is 14.3. The number of nitrogens with zero attached hydrogens (tertiary/aromatic N) is 3. The van der Waals surface area contributed by atoms with Gasteiger partial charge in [-0.1, -0.05) is 103 Å². The number of rotatable bonds is 19. The van der Waals surface area contributed by atoms with Gasteiger partial charge in [0.25, 0.3) is 0 Å². The number of aromatic nitrogens is 1. The van der Waals surface area contributed by atoms with Gasteiger partial charge in [0.2, 0.25) is 5.43 Å². The topological polar surface area (TPSA) is 65.8 Å². The fraction of sp³-hybridized carbons (Fsp3) is 0.697. The molecule has 0 amide bonds. The van der Waals surface area contributed by atoms with Crippen LogP contribution in [-0.4, -0.2) is 53.8 Å². The van der Waals surface area contributed by atoms with E-state index in [-0.39, 0.29) is 16.6 Å². The predicted octanol–water partition coefficient (Wildman–Crippen LogP) is 7.99. The molecule has 0 saturated carbocycles. The average molecular weight is 576 g/mol. The van der Waals surface area contributed by atoms with Crippen molar-refractivity contribution < 1.29 is 18.7 Å². The summed E-state index contributed by atoms with van der Waals surface area (Å²) in [6, 6.07) is 1.02. The Hall–Kier alpha value is -2.48. The molecule has 41 heavy (non-hydrogen) atoms. The quantitative estimate of drug-likeness (QED) is 0.172. The summed E-state index contributed by atoms with van der Waals surface area (Å²) < 4.78 is 32.5. The summed E-state index contributed by atoms with van der Waals surface area (Å²) >= 11 is 0. The minimum absolute atomic E-state index is 0.00344. The molecule has 3 rings (SSSR count). The van der Waals surface area contributed by atoms with Crippen LogP contribution in [0.1, 0.15) is 120 Å². The lowest BCUT2D eigenvalue weighted by Crippen LogP contribution is -2.45. The van der Waals surface area contributed by atoms with Crippen molar-refractivity contribution >= 4 is 22.6 Å². The summed E-state index contributed by atoms with van der Waals surface area (Å²) in [5.41, 5.74) is -1.44. The van der Waals surface area contributed by atoms with Crippen LogP contribution in [0.25, 0.3) is 10.9 Å². The fourth-order valence-electron chi connectivity index (χ4n) is 5.96. The molecule has 6 nitrogen and oxygen atoms in total. The first-order chi connectivity index (χ1) is 19.8. The van der Waals surface area contributed by atoms with E-state index in [4.69, 9.17) is 0 Å². The molecular weight excluding hydrogens is 524 g/mol. The van der Waals surface area contributed by atoms with E-state index in [9.17, 15) is 14.7 Å². The summed E-state index contributed by atoms with van der Waals surface area (Å²) in [5, 5.41) is 9.36. The molecule has 1 aromatic heterocycles. The number of carboxylic acid groups (broad SMARTS) is 1. The summed E-state index contributed by atoms with van der Waals surface area (Å²) in [7, 11) is 1.97.